The molecule has 1 N–H and O–H groups in total. The monoisotopic (exact) mass is 283 g/mol. The first kappa shape index (κ1) is 12.5. The summed E-state index contributed by atoms with van der Waals surface area (Å²) in [6.07, 6.45) is 0.836. The summed E-state index contributed by atoms with van der Waals surface area (Å²) < 4.78 is 4.95. The van der Waals surface area contributed by atoms with Gasteiger partial charge in [0.1, 0.15) is 5.76 Å². The van der Waals surface area contributed by atoms with Crippen molar-refractivity contribution in [3.05, 3.63) is 17.0 Å². The number of nitrogens with zero attached hydrogens (tertiary/aromatic N) is 2. The van der Waals surface area contributed by atoms with Crippen molar-refractivity contribution >= 4 is 23.4 Å². The van der Waals surface area contributed by atoms with Crippen LogP contribution in [-0.2, 0) is 16.0 Å². The van der Waals surface area contributed by atoms with Gasteiger partial charge in [0.2, 0.25) is 11.8 Å². The Bertz CT molecular complexity index is 516. The van der Waals surface area contributed by atoms with Gasteiger partial charge in [-0.05, 0) is 0 Å². The van der Waals surface area contributed by atoms with Crippen molar-refractivity contribution < 1.29 is 14.1 Å². The van der Waals surface area contributed by atoms with Crippen molar-refractivity contribution in [2.75, 3.05) is 19.6 Å². The number of halogens is 1. The predicted octanol–water partition coefficient (Wildman–Crippen LogP) is 0.465. The fourth-order valence-corrected chi connectivity index (χ4v) is 2.89. The van der Waals surface area contributed by atoms with Crippen molar-refractivity contribution in [2.24, 2.45) is 11.8 Å². The smallest absolute Gasteiger partial charge is 0.225 e. The summed E-state index contributed by atoms with van der Waals surface area (Å²) in [5, 5.41) is 6.69. The maximum Gasteiger partial charge on any atom is 0.225 e. The van der Waals surface area contributed by atoms with Crippen LogP contribution < -0.4 is 5.32 Å². The second kappa shape index (κ2) is 4.85. The molecule has 7 heteroatoms. The van der Waals surface area contributed by atoms with Gasteiger partial charge in [-0.1, -0.05) is 16.8 Å². The Morgan fingerprint density at radius 1 is 1.58 bits per heavy atom. The number of fused-ring (bicyclic) bond motifs is 1. The summed E-state index contributed by atoms with van der Waals surface area (Å²) in [6.45, 7) is 1.89. The summed E-state index contributed by atoms with van der Waals surface area (Å²) in [5.41, 5.74) is 0. The van der Waals surface area contributed by atoms with E-state index in [1.165, 1.54) is 0 Å². The van der Waals surface area contributed by atoms with Crippen LogP contribution in [-0.4, -0.2) is 41.5 Å². The number of carbonyl (C=O) groups is 2. The number of carbonyl (C=O) groups excluding carboxylic acids is 2. The first-order valence-electron chi connectivity index (χ1n) is 6.30. The minimum absolute atomic E-state index is 0.0244. The summed E-state index contributed by atoms with van der Waals surface area (Å²) >= 11 is 5.64. The van der Waals surface area contributed by atoms with Gasteiger partial charge in [-0.25, -0.2) is 0 Å². The van der Waals surface area contributed by atoms with Gasteiger partial charge in [0.05, 0.1) is 5.92 Å². The van der Waals surface area contributed by atoms with Crippen molar-refractivity contribution in [1.29, 1.82) is 0 Å². The van der Waals surface area contributed by atoms with Crippen LogP contribution in [0.25, 0.3) is 0 Å². The number of hydrogen-bond acceptors (Lipinski definition) is 4. The molecule has 2 atom stereocenters. The van der Waals surface area contributed by atoms with Gasteiger partial charge in [-0.3, -0.25) is 9.59 Å². The summed E-state index contributed by atoms with van der Waals surface area (Å²) in [7, 11) is 0. The third-order valence-electron chi connectivity index (χ3n) is 3.78. The lowest BCUT2D eigenvalue weighted by molar-refractivity contribution is -0.130. The molecule has 3 rings (SSSR count). The maximum atomic E-state index is 12.1. The van der Waals surface area contributed by atoms with Gasteiger partial charge in [0, 0.05) is 44.5 Å². The average Bonchev–Trinajstić information content (AvgIpc) is 3.05. The molecule has 0 radical (unpaired) electrons. The minimum Gasteiger partial charge on any atom is -0.360 e. The molecule has 2 fully saturated rings. The Balaban J connectivity index is 1.53. The largest absolute Gasteiger partial charge is 0.360 e. The number of aromatic nitrogens is 1. The van der Waals surface area contributed by atoms with E-state index in [4.69, 9.17) is 16.1 Å². The Kier molecular flexibility index (Phi) is 3.18. The van der Waals surface area contributed by atoms with Crippen molar-refractivity contribution in [3.63, 3.8) is 0 Å². The third kappa shape index (κ3) is 2.45. The van der Waals surface area contributed by atoms with Crippen LogP contribution in [0.4, 0.5) is 0 Å². The highest BCUT2D eigenvalue weighted by atomic mass is 35.5. The molecular formula is C12H14ClN3O3. The van der Waals surface area contributed by atoms with Crippen LogP contribution in [0, 0.1) is 11.8 Å². The number of nitrogens with one attached hydrogen (secondary N) is 1. The van der Waals surface area contributed by atoms with E-state index in [0.717, 1.165) is 0 Å². The zero-order valence-corrected chi connectivity index (χ0v) is 11.0. The molecule has 2 aliphatic rings. The molecule has 0 aromatic carbocycles. The van der Waals surface area contributed by atoms with E-state index < -0.39 is 0 Å². The van der Waals surface area contributed by atoms with Crippen LogP contribution in [0.3, 0.4) is 0 Å². The topological polar surface area (TPSA) is 75.4 Å². The highest BCUT2D eigenvalue weighted by Gasteiger charge is 2.43. The summed E-state index contributed by atoms with van der Waals surface area (Å²) in [5.74, 6) is 0.979. The zero-order valence-electron chi connectivity index (χ0n) is 10.3. The number of amides is 2. The SMILES string of the molecule is O=C1NC[C@H]2CN(C(=O)CCc3cc(Cl)no3)C[C@@H]12. The Morgan fingerprint density at radius 2 is 2.42 bits per heavy atom. The molecule has 19 heavy (non-hydrogen) atoms. The van der Waals surface area contributed by atoms with Crippen LogP contribution >= 0.6 is 11.6 Å². The van der Waals surface area contributed by atoms with E-state index in [0.29, 0.717) is 43.4 Å². The second-order valence-corrected chi connectivity index (χ2v) is 5.41. The molecule has 1 aromatic rings. The Hall–Kier alpha value is -1.56. The summed E-state index contributed by atoms with van der Waals surface area (Å²) in [4.78, 5) is 25.4. The van der Waals surface area contributed by atoms with Gasteiger partial charge < -0.3 is 14.7 Å². The van der Waals surface area contributed by atoms with Crippen LogP contribution in [0.5, 0.6) is 0 Å². The fraction of sp³-hybridized carbons (Fsp3) is 0.583. The number of aryl methyl sites for hydroxylation is 1. The quantitative estimate of drug-likeness (QED) is 0.875. The lowest BCUT2D eigenvalue weighted by atomic mass is 10.0. The molecule has 0 unspecified atom stereocenters. The molecule has 2 amide bonds. The van der Waals surface area contributed by atoms with Gasteiger partial charge >= 0.3 is 0 Å². The Morgan fingerprint density at radius 3 is 3.11 bits per heavy atom. The highest BCUT2D eigenvalue weighted by Crippen LogP contribution is 2.27. The number of rotatable bonds is 3. The lowest BCUT2D eigenvalue weighted by Gasteiger charge is -2.16. The van der Waals surface area contributed by atoms with Crippen LogP contribution in [0.1, 0.15) is 12.2 Å². The van der Waals surface area contributed by atoms with E-state index in [1.807, 2.05) is 0 Å². The molecule has 3 heterocycles. The van der Waals surface area contributed by atoms with Crippen LogP contribution in [0.15, 0.2) is 10.6 Å². The van der Waals surface area contributed by atoms with Crippen molar-refractivity contribution in [2.45, 2.75) is 12.8 Å². The minimum atomic E-state index is -0.0244. The molecule has 0 spiro atoms. The Labute approximate surface area is 115 Å². The molecular weight excluding hydrogens is 270 g/mol. The first-order chi connectivity index (χ1) is 9.13. The van der Waals surface area contributed by atoms with E-state index >= 15 is 0 Å². The molecule has 6 nitrogen and oxygen atoms in total. The highest BCUT2D eigenvalue weighted by molar-refractivity contribution is 6.29. The standard InChI is InChI=1S/C12H14ClN3O3/c13-10-3-8(19-15-10)1-2-11(17)16-5-7-4-14-12(18)9(7)6-16/h3,7,9H,1-2,4-6H2,(H,14,18)/t7-,9+/m0/s1. The molecule has 0 bridgehead atoms. The summed E-state index contributed by atoms with van der Waals surface area (Å²) in [6, 6.07) is 1.61. The molecule has 102 valence electrons. The lowest BCUT2D eigenvalue weighted by Crippen LogP contribution is -2.33. The molecule has 2 aliphatic heterocycles. The second-order valence-electron chi connectivity index (χ2n) is 5.03. The van der Waals surface area contributed by atoms with E-state index in [9.17, 15) is 9.59 Å². The van der Waals surface area contributed by atoms with Crippen LogP contribution in [0.2, 0.25) is 5.15 Å². The van der Waals surface area contributed by atoms with E-state index in [-0.39, 0.29) is 23.7 Å². The maximum absolute atomic E-state index is 12.1. The average molecular weight is 284 g/mol. The molecule has 0 saturated carbocycles. The van der Waals surface area contributed by atoms with Gasteiger partial charge in [-0.2, -0.15) is 0 Å². The van der Waals surface area contributed by atoms with Crippen molar-refractivity contribution in [3.8, 4) is 0 Å². The fourth-order valence-electron chi connectivity index (χ4n) is 2.74. The van der Waals surface area contributed by atoms with Crippen molar-refractivity contribution in [1.82, 2.24) is 15.4 Å². The van der Waals surface area contributed by atoms with E-state index in [1.54, 1.807) is 11.0 Å². The number of likely N-dealkylation sites (tertiary alicyclic amines) is 1. The molecule has 0 aliphatic carbocycles. The van der Waals surface area contributed by atoms with E-state index in [2.05, 4.69) is 10.5 Å². The number of hydrogen-bond donors (Lipinski definition) is 1. The molecule has 1 aromatic heterocycles. The normalized spacial score (nSPS) is 25.5. The van der Waals surface area contributed by atoms with Gasteiger partial charge in [0.25, 0.3) is 0 Å². The molecule has 2 saturated heterocycles. The third-order valence-corrected chi connectivity index (χ3v) is 3.96. The van der Waals surface area contributed by atoms with Gasteiger partial charge in [-0.15, -0.1) is 0 Å². The van der Waals surface area contributed by atoms with Gasteiger partial charge in [0.15, 0.2) is 5.15 Å². The zero-order chi connectivity index (χ0) is 13.4. The predicted molar refractivity (Wildman–Crippen MR) is 66.4 cm³/mol. The first-order valence-corrected chi connectivity index (χ1v) is 6.68.